The van der Waals surface area contributed by atoms with Crippen molar-refractivity contribution in [2.24, 2.45) is 5.73 Å². The van der Waals surface area contributed by atoms with Gasteiger partial charge < -0.3 is 25.3 Å². The summed E-state index contributed by atoms with van der Waals surface area (Å²) in [5, 5.41) is 3.07. The number of hydrogen-bond acceptors (Lipinski definition) is 7. The molecule has 0 bridgehead atoms. The SMILES string of the molecule is CCOC(=O)C1=C(C)NC(C)=C(C(=O)OCC)C1c1ccccc1OCC(N)=O. The van der Waals surface area contributed by atoms with Crippen molar-refractivity contribution in [3.05, 3.63) is 52.4 Å². The largest absolute Gasteiger partial charge is 0.483 e. The van der Waals surface area contributed by atoms with Crippen LogP contribution in [0.15, 0.2) is 46.8 Å². The predicted molar refractivity (Wildman–Crippen MR) is 106 cm³/mol. The zero-order valence-corrected chi connectivity index (χ0v) is 17.0. The van der Waals surface area contributed by atoms with Gasteiger partial charge in [0.05, 0.1) is 30.3 Å². The molecular weight excluding hydrogens is 376 g/mol. The molecule has 0 saturated carbocycles. The van der Waals surface area contributed by atoms with Crippen LogP contribution in [0.5, 0.6) is 5.75 Å². The van der Waals surface area contributed by atoms with Gasteiger partial charge >= 0.3 is 11.9 Å². The fourth-order valence-electron chi connectivity index (χ4n) is 3.26. The summed E-state index contributed by atoms with van der Waals surface area (Å²) < 4.78 is 16.0. The fraction of sp³-hybridized carbons (Fsp3) is 0.381. The number of dihydropyridines is 1. The smallest absolute Gasteiger partial charge is 0.336 e. The van der Waals surface area contributed by atoms with Crippen LogP contribution in [0, 0.1) is 0 Å². The van der Waals surface area contributed by atoms with Crippen LogP contribution >= 0.6 is 0 Å². The maximum atomic E-state index is 12.8. The highest BCUT2D eigenvalue weighted by molar-refractivity contribution is 6.00. The second-order valence-electron chi connectivity index (χ2n) is 6.37. The zero-order chi connectivity index (χ0) is 21.6. The monoisotopic (exact) mass is 402 g/mol. The molecular formula is C21H26N2O6. The van der Waals surface area contributed by atoms with Gasteiger partial charge in [-0.05, 0) is 33.8 Å². The molecule has 0 fully saturated rings. The molecule has 3 N–H and O–H groups in total. The van der Waals surface area contributed by atoms with E-state index in [1.54, 1.807) is 52.0 Å². The van der Waals surface area contributed by atoms with E-state index in [9.17, 15) is 14.4 Å². The molecule has 29 heavy (non-hydrogen) atoms. The van der Waals surface area contributed by atoms with Gasteiger partial charge in [0.15, 0.2) is 6.61 Å². The van der Waals surface area contributed by atoms with Gasteiger partial charge in [0.1, 0.15) is 5.75 Å². The van der Waals surface area contributed by atoms with Crippen LogP contribution in [0.4, 0.5) is 0 Å². The Morgan fingerprint density at radius 1 is 0.966 bits per heavy atom. The highest BCUT2D eigenvalue weighted by atomic mass is 16.5. The van der Waals surface area contributed by atoms with Gasteiger partial charge in [0, 0.05) is 17.0 Å². The average Bonchev–Trinajstić information content (AvgIpc) is 2.66. The van der Waals surface area contributed by atoms with Crippen molar-refractivity contribution in [1.82, 2.24) is 5.32 Å². The number of hydrogen-bond donors (Lipinski definition) is 2. The molecule has 1 heterocycles. The Balaban J connectivity index is 2.67. The molecule has 8 nitrogen and oxygen atoms in total. The van der Waals surface area contributed by atoms with E-state index >= 15 is 0 Å². The number of rotatable bonds is 8. The number of ether oxygens (including phenoxy) is 3. The summed E-state index contributed by atoms with van der Waals surface area (Å²) in [5.41, 5.74) is 7.40. The van der Waals surface area contributed by atoms with Crippen LogP contribution in [0.2, 0.25) is 0 Å². The van der Waals surface area contributed by atoms with E-state index < -0.39 is 23.8 Å². The summed E-state index contributed by atoms with van der Waals surface area (Å²) in [5.74, 6) is -2.20. The quantitative estimate of drug-likeness (QED) is 0.638. The van der Waals surface area contributed by atoms with Gasteiger partial charge in [0.2, 0.25) is 0 Å². The molecule has 0 atom stereocenters. The molecule has 156 valence electrons. The molecule has 0 aliphatic carbocycles. The van der Waals surface area contributed by atoms with Crippen molar-refractivity contribution in [1.29, 1.82) is 0 Å². The molecule has 0 radical (unpaired) electrons. The summed E-state index contributed by atoms with van der Waals surface area (Å²) in [6.45, 7) is 6.90. The molecule has 0 saturated heterocycles. The Kier molecular flexibility index (Phi) is 7.41. The van der Waals surface area contributed by atoms with Crippen molar-refractivity contribution < 1.29 is 28.6 Å². The average molecular weight is 402 g/mol. The number of carbonyl (C=O) groups excluding carboxylic acids is 3. The molecule has 0 unspecified atom stereocenters. The lowest BCUT2D eigenvalue weighted by Crippen LogP contribution is -2.33. The number of carbonyl (C=O) groups is 3. The molecule has 1 aromatic rings. The van der Waals surface area contributed by atoms with E-state index in [2.05, 4.69) is 5.32 Å². The molecule has 2 rings (SSSR count). The highest BCUT2D eigenvalue weighted by Crippen LogP contribution is 2.42. The molecule has 1 aromatic carbocycles. The maximum Gasteiger partial charge on any atom is 0.336 e. The Morgan fingerprint density at radius 3 is 1.97 bits per heavy atom. The van der Waals surface area contributed by atoms with Crippen LogP contribution in [-0.4, -0.2) is 37.7 Å². The summed E-state index contributed by atoms with van der Waals surface area (Å²) in [7, 11) is 0. The van der Waals surface area contributed by atoms with Gasteiger partial charge in [-0.25, -0.2) is 9.59 Å². The van der Waals surface area contributed by atoms with Crippen LogP contribution < -0.4 is 15.8 Å². The van der Waals surface area contributed by atoms with Crippen molar-refractivity contribution in [2.75, 3.05) is 19.8 Å². The maximum absolute atomic E-state index is 12.8. The Hall–Kier alpha value is -3.29. The summed E-state index contributed by atoms with van der Waals surface area (Å²) in [4.78, 5) is 36.8. The van der Waals surface area contributed by atoms with E-state index in [0.29, 0.717) is 22.7 Å². The highest BCUT2D eigenvalue weighted by Gasteiger charge is 2.39. The number of nitrogens with one attached hydrogen (secondary N) is 1. The van der Waals surface area contributed by atoms with Gasteiger partial charge in [-0.2, -0.15) is 0 Å². The first-order chi connectivity index (χ1) is 13.8. The normalized spacial score (nSPS) is 14.3. The summed E-state index contributed by atoms with van der Waals surface area (Å²) in [6.07, 6.45) is 0. The Bertz CT molecular complexity index is 832. The van der Waals surface area contributed by atoms with Crippen molar-refractivity contribution in [3.8, 4) is 5.75 Å². The zero-order valence-electron chi connectivity index (χ0n) is 17.0. The first kappa shape index (κ1) is 22.0. The Morgan fingerprint density at radius 2 is 1.48 bits per heavy atom. The topological polar surface area (TPSA) is 117 Å². The van der Waals surface area contributed by atoms with Crippen LogP contribution in [0.1, 0.15) is 39.2 Å². The minimum Gasteiger partial charge on any atom is -0.483 e. The predicted octanol–water partition coefficient (Wildman–Crippen LogP) is 1.91. The van der Waals surface area contributed by atoms with Crippen molar-refractivity contribution in [2.45, 2.75) is 33.6 Å². The summed E-state index contributed by atoms with van der Waals surface area (Å²) in [6, 6.07) is 6.86. The van der Waals surface area contributed by atoms with Gasteiger partial charge in [0.25, 0.3) is 5.91 Å². The molecule has 0 spiro atoms. The number of nitrogens with two attached hydrogens (primary N) is 1. The lowest BCUT2D eigenvalue weighted by Gasteiger charge is -2.31. The lowest BCUT2D eigenvalue weighted by atomic mass is 9.80. The number of benzene rings is 1. The van der Waals surface area contributed by atoms with Gasteiger partial charge in [-0.15, -0.1) is 0 Å². The molecule has 1 aliphatic heterocycles. The minimum atomic E-state index is -0.793. The van der Waals surface area contributed by atoms with Gasteiger partial charge in [-0.3, -0.25) is 4.79 Å². The van der Waals surface area contributed by atoms with Crippen molar-refractivity contribution >= 4 is 17.8 Å². The second kappa shape index (κ2) is 9.77. The number of primary amides is 1. The van der Waals surface area contributed by atoms with Crippen LogP contribution in [-0.2, 0) is 23.9 Å². The first-order valence-electron chi connectivity index (χ1n) is 9.34. The number of para-hydroxylation sites is 1. The Labute approximate surface area is 169 Å². The molecule has 8 heteroatoms. The number of allylic oxidation sites excluding steroid dienone is 2. The third kappa shape index (κ3) is 4.96. The van der Waals surface area contributed by atoms with Gasteiger partial charge in [-0.1, -0.05) is 18.2 Å². The van der Waals surface area contributed by atoms with E-state index in [1.165, 1.54) is 0 Å². The second-order valence-corrected chi connectivity index (χ2v) is 6.37. The minimum absolute atomic E-state index is 0.180. The van der Waals surface area contributed by atoms with Crippen LogP contribution in [0.3, 0.4) is 0 Å². The van der Waals surface area contributed by atoms with E-state index in [1.807, 2.05) is 0 Å². The summed E-state index contributed by atoms with van der Waals surface area (Å²) >= 11 is 0. The molecule has 1 amide bonds. The van der Waals surface area contributed by atoms with E-state index in [0.717, 1.165) is 0 Å². The number of esters is 2. The van der Waals surface area contributed by atoms with E-state index in [4.69, 9.17) is 19.9 Å². The fourth-order valence-corrected chi connectivity index (χ4v) is 3.26. The number of amides is 1. The third-order valence-corrected chi connectivity index (χ3v) is 4.35. The van der Waals surface area contributed by atoms with Crippen molar-refractivity contribution in [3.63, 3.8) is 0 Å². The first-order valence-corrected chi connectivity index (χ1v) is 9.34. The molecule has 1 aliphatic rings. The van der Waals surface area contributed by atoms with E-state index in [-0.39, 0.29) is 31.0 Å². The molecule has 0 aromatic heterocycles. The third-order valence-electron chi connectivity index (χ3n) is 4.35. The van der Waals surface area contributed by atoms with Crippen LogP contribution in [0.25, 0.3) is 0 Å². The standard InChI is InChI=1S/C21H26N2O6/c1-5-27-20(25)17-12(3)23-13(4)18(21(26)28-6-2)19(17)14-9-7-8-10-15(14)29-11-16(22)24/h7-10,19,23H,5-6,11H2,1-4H3,(H2,22,24). The lowest BCUT2D eigenvalue weighted by molar-refractivity contribution is -0.139.